The molecule has 2 amide bonds. The summed E-state index contributed by atoms with van der Waals surface area (Å²) in [5.41, 5.74) is 4.96. The predicted molar refractivity (Wildman–Crippen MR) is 282 cm³/mol. The molecule has 74 heavy (non-hydrogen) atoms. The Balaban J connectivity index is 0.000000192. The van der Waals surface area contributed by atoms with Crippen molar-refractivity contribution in [2.24, 2.45) is 0 Å². The molecule has 2 saturated heterocycles. The number of nitrogens with zero attached hydrogens (tertiary/aromatic N) is 2. The summed E-state index contributed by atoms with van der Waals surface area (Å²) < 4.78 is 27.4. The number of rotatable bonds is 14. The Morgan fingerprint density at radius 3 is 1.16 bits per heavy atom. The minimum atomic E-state index is -0.822. The number of amides is 2. The number of esters is 2. The van der Waals surface area contributed by atoms with Gasteiger partial charge >= 0.3 is 24.0 Å². The topological polar surface area (TPSA) is 158 Å². The Labute approximate surface area is 435 Å². The zero-order valence-corrected chi connectivity index (χ0v) is 42.9. The maximum atomic E-state index is 13.9. The van der Waals surface area contributed by atoms with Crippen molar-refractivity contribution in [2.75, 3.05) is 27.3 Å². The van der Waals surface area contributed by atoms with Crippen molar-refractivity contribution in [1.29, 1.82) is 0 Å². The molecular formula is C61H68N2O11. The van der Waals surface area contributed by atoms with Gasteiger partial charge in [0.15, 0.2) is 0 Å². The van der Waals surface area contributed by atoms with E-state index < -0.39 is 53.5 Å². The molecule has 13 heteroatoms. The van der Waals surface area contributed by atoms with E-state index in [9.17, 15) is 29.1 Å². The highest BCUT2D eigenvalue weighted by molar-refractivity contribution is 5.91. The number of benzene rings is 6. The van der Waals surface area contributed by atoms with Gasteiger partial charge in [-0.25, -0.2) is 14.4 Å². The molecule has 13 nitrogen and oxygen atoms in total. The van der Waals surface area contributed by atoms with Crippen molar-refractivity contribution in [1.82, 2.24) is 9.80 Å². The molecule has 2 aliphatic heterocycles. The van der Waals surface area contributed by atoms with Gasteiger partial charge in [-0.05, 0) is 67.0 Å². The van der Waals surface area contributed by atoms with Gasteiger partial charge in [0.2, 0.25) is 5.91 Å². The van der Waals surface area contributed by atoms with E-state index in [-0.39, 0.29) is 18.1 Å². The van der Waals surface area contributed by atoms with E-state index in [0.29, 0.717) is 52.0 Å². The number of aliphatic carboxylic acids is 1. The summed E-state index contributed by atoms with van der Waals surface area (Å²) in [6.07, 6.45) is 1.42. The van der Waals surface area contributed by atoms with Crippen molar-refractivity contribution in [3.8, 4) is 0 Å². The van der Waals surface area contributed by atoms with Crippen LogP contribution in [0.25, 0.3) is 0 Å². The molecule has 2 heterocycles. The van der Waals surface area contributed by atoms with Gasteiger partial charge in [0.05, 0.1) is 45.6 Å². The van der Waals surface area contributed by atoms with Crippen LogP contribution in [0.1, 0.15) is 91.7 Å². The number of carbonyl (C=O) groups excluding carboxylic acids is 4. The Morgan fingerprint density at radius 2 is 0.824 bits per heavy atom. The SMILES string of the molecule is COC(=O)[C@@H]1CC(OCc2ccccc2)CCN1C(=O)C(c1ccccc1)c1ccccc1.COC(=O)[C@@H]1CC(OCc2ccccc2)CCN1C(=O)OC(C)(C)C.O=C(O)C(c1ccccc1)c1ccccc1. The third-order valence-electron chi connectivity index (χ3n) is 12.6. The molecule has 0 aromatic heterocycles. The van der Waals surface area contributed by atoms with Crippen molar-refractivity contribution >= 4 is 29.9 Å². The second-order valence-electron chi connectivity index (χ2n) is 19.0. The fourth-order valence-electron chi connectivity index (χ4n) is 8.97. The minimum Gasteiger partial charge on any atom is -0.481 e. The number of hydrogen-bond acceptors (Lipinski definition) is 10. The summed E-state index contributed by atoms with van der Waals surface area (Å²) in [4.78, 5) is 65.6. The van der Waals surface area contributed by atoms with Crippen molar-refractivity contribution in [3.05, 3.63) is 215 Å². The number of ether oxygens (including phenoxy) is 5. The van der Waals surface area contributed by atoms with Gasteiger partial charge in [-0.2, -0.15) is 0 Å². The Morgan fingerprint density at radius 1 is 0.500 bits per heavy atom. The first-order valence-electron chi connectivity index (χ1n) is 25.0. The fraction of sp³-hybridized carbons (Fsp3) is 0.328. The summed E-state index contributed by atoms with van der Waals surface area (Å²) in [6.45, 7) is 7.19. The average molecular weight is 1010 g/mol. The molecule has 6 aromatic rings. The summed E-state index contributed by atoms with van der Waals surface area (Å²) in [5, 5.41) is 9.28. The van der Waals surface area contributed by atoms with E-state index >= 15 is 0 Å². The van der Waals surface area contributed by atoms with Crippen LogP contribution in [0.3, 0.4) is 0 Å². The molecule has 2 unspecified atom stereocenters. The van der Waals surface area contributed by atoms with Crippen LogP contribution in [0, 0.1) is 0 Å². The van der Waals surface area contributed by atoms with Crippen LogP contribution >= 0.6 is 0 Å². The molecular weight excluding hydrogens is 937 g/mol. The first-order valence-corrected chi connectivity index (χ1v) is 25.0. The molecule has 6 aromatic carbocycles. The first-order chi connectivity index (χ1) is 35.8. The molecule has 8 rings (SSSR count). The molecule has 0 bridgehead atoms. The number of carboxylic acid groups (broad SMARTS) is 1. The van der Waals surface area contributed by atoms with Crippen molar-refractivity contribution in [3.63, 3.8) is 0 Å². The smallest absolute Gasteiger partial charge is 0.411 e. The van der Waals surface area contributed by atoms with Crippen molar-refractivity contribution in [2.45, 2.75) is 101 Å². The van der Waals surface area contributed by atoms with Gasteiger partial charge in [-0.3, -0.25) is 14.5 Å². The average Bonchev–Trinajstić information content (AvgIpc) is 3.43. The lowest BCUT2D eigenvalue weighted by Crippen LogP contribution is -2.53. The van der Waals surface area contributed by atoms with Crippen LogP contribution in [-0.2, 0) is 56.1 Å². The highest BCUT2D eigenvalue weighted by Crippen LogP contribution is 2.32. The van der Waals surface area contributed by atoms with Gasteiger partial charge < -0.3 is 33.7 Å². The number of piperidine rings is 2. The highest BCUT2D eigenvalue weighted by atomic mass is 16.6. The van der Waals surface area contributed by atoms with Gasteiger partial charge in [-0.1, -0.05) is 182 Å². The maximum Gasteiger partial charge on any atom is 0.411 e. The molecule has 2 fully saturated rings. The van der Waals surface area contributed by atoms with E-state index in [1.165, 1.54) is 19.1 Å². The van der Waals surface area contributed by atoms with Gasteiger partial charge in [-0.15, -0.1) is 0 Å². The quantitative estimate of drug-likeness (QED) is 0.0818. The molecule has 2 aliphatic rings. The third kappa shape index (κ3) is 16.5. The monoisotopic (exact) mass is 1000 g/mol. The number of hydrogen-bond donors (Lipinski definition) is 1. The zero-order chi connectivity index (χ0) is 52.9. The second-order valence-corrected chi connectivity index (χ2v) is 19.0. The molecule has 0 aliphatic carbocycles. The number of carboxylic acids is 1. The summed E-state index contributed by atoms with van der Waals surface area (Å²) in [5.74, 6) is -2.83. The van der Waals surface area contributed by atoms with E-state index in [1.807, 2.05) is 182 Å². The van der Waals surface area contributed by atoms with Crippen LogP contribution in [0.4, 0.5) is 4.79 Å². The van der Waals surface area contributed by atoms with Gasteiger partial charge in [0.25, 0.3) is 0 Å². The molecule has 4 atom stereocenters. The van der Waals surface area contributed by atoms with Crippen LogP contribution in [0.5, 0.6) is 0 Å². The normalized spacial score (nSPS) is 17.4. The van der Waals surface area contributed by atoms with Crippen LogP contribution in [-0.4, -0.2) is 102 Å². The van der Waals surface area contributed by atoms with Crippen LogP contribution < -0.4 is 0 Å². The Kier molecular flexibility index (Phi) is 21.1. The lowest BCUT2D eigenvalue weighted by atomic mass is 9.88. The molecule has 0 saturated carbocycles. The second kappa shape index (κ2) is 28.0. The summed E-state index contributed by atoms with van der Waals surface area (Å²) >= 11 is 0. The third-order valence-corrected chi connectivity index (χ3v) is 12.6. The number of methoxy groups -OCH3 is 2. The lowest BCUT2D eigenvalue weighted by molar-refractivity contribution is -0.158. The Hall–Kier alpha value is -7.61. The largest absolute Gasteiger partial charge is 0.481 e. The molecule has 1 N–H and O–H groups in total. The van der Waals surface area contributed by atoms with Crippen LogP contribution in [0.2, 0.25) is 0 Å². The van der Waals surface area contributed by atoms with E-state index in [0.717, 1.165) is 33.4 Å². The van der Waals surface area contributed by atoms with E-state index in [1.54, 1.807) is 25.7 Å². The van der Waals surface area contributed by atoms with Crippen molar-refractivity contribution < 1.29 is 52.8 Å². The van der Waals surface area contributed by atoms with Gasteiger partial charge in [0, 0.05) is 25.9 Å². The van der Waals surface area contributed by atoms with Crippen LogP contribution in [0.15, 0.2) is 182 Å². The van der Waals surface area contributed by atoms with E-state index in [2.05, 4.69) is 0 Å². The Bertz CT molecular complexity index is 2570. The molecule has 0 radical (unpaired) electrons. The maximum absolute atomic E-state index is 13.9. The molecule has 0 spiro atoms. The van der Waals surface area contributed by atoms with Gasteiger partial charge in [0.1, 0.15) is 23.6 Å². The highest BCUT2D eigenvalue weighted by Gasteiger charge is 2.41. The number of carbonyl (C=O) groups is 5. The predicted octanol–water partition coefficient (Wildman–Crippen LogP) is 10.6. The first kappa shape index (κ1) is 55.7. The standard InChI is InChI=1S/C28H29NO4.C19H27NO5.C14H12O2/c1-32-28(31)25-19-24(33-20-21-11-5-2-6-12-21)17-18-29(25)27(30)26(22-13-7-3-8-14-22)23-15-9-4-10-16-23;1-19(2,3)25-18(22)20-11-10-15(12-16(20)17(21)23-4)24-13-14-8-6-5-7-9-14;15-14(16)13(11-7-3-1-4-8-11)12-9-5-2-6-10-12/h2-16,24-26H,17-20H2,1H3;5-9,15-16H,10-13H2,1-4H3;1-10,13H,(H,15,16)/t24?,25-;15?,16-;/m00./s1. The zero-order valence-electron chi connectivity index (χ0n) is 42.9. The summed E-state index contributed by atoms with van der Waals surface area (Å²) in [6, 6.07) is 56.4. The molecule has 388 valence electrons. The number of likely N-dealkylation sites (tertiary alicyclic amines) is 2. The summed E-state index contributed by atoms with van der Waals surface area (Å²) in [7, 11) is 2.69. The lowest BCUT2D eigenvalue weighted by Gasteiger charge is -2.39. The van der Waals surface area contributed by atoms with E-state index in [4.69, 9.17) is 23.7 Å². The fourth-order valence-corrected chi connectivity index (χ4v) is 8.97. The minimum absolute atomic E-state index is 0.0932.